The smallest absolute Gasteiger partial charge is 0.332 e. The van der Waals surface area contributed by atoms with Crippen LogP contribution >= 0.6 is 0 Å². The Bertz CT molecular complexity index is 399. The average Bonchev–Trinajstić information content (AvgIpc) is 2.24. The van der Waals surface area contributed by atoms with Crippen LogP contribution in [0.3, 0.4) is 0 Å². The molecular formula is C12H17N3O. The fourth-order valence-corrected chi connectivity index (χ4v) is 1.45. The van der Waals surface area contributed by atoms with Crippen molar-refractivity contribution in [1.29, 1.82) is 0 Å². The molecule has 1 aromatic rings. The lowest BCUT2D eigenvalue weighted by Crippen LogP contribution is -2.26. The van der Waals surface area contributed by atoms with Crippen LogP contribution < -0.4 is 11.2 Å². The van der Waals surface area contributed by atoms with Gasteiger partial charge in [0, 0.05) is 0 Å². The number of aryl methyl sites for hydroxylation is 1. The van der Waals surface area contributed by atoms with E-state index in [1.165, 1.54) is 5.56 Å². The third kappa shape index (κ3) is 3.73. The number of carbonyl (C=O) groups is 1. The molecule has 0 saturated carbocycles. The quantitative estimate of drug-likeness (QED) is 0.591. The molecule has 16 heavy (non-hydrogen) atoms. The summed E-state index contributed by atoms with van der Waals surface area (Å²) in [7, 11) is 0. The van der Waals surface area contributed by atoms with Gasteiger partial charge in [0.05, 0.1) is 5.71 Å². The number of rotatable bonds is 4. The Balaban J connectivity index is 2.92. The number of amides is 2. The lowest BCUT2D eigenvalue weighted by Gasteiger charge is -2.06. The summed E-state index contributed by atoms with van der Waals surface area (Å²) in [6, 6.07) is 7.37. The molecule has 0 aromatic heterocycles. The summed E-state index contributed by atoms with van der Waals surface area (Å²) in [5.41, 5.74) is 10.3. The largest absolute Gasteiger partial charge is 0.350 e. The highest BCUT2D eigenvalue weighted by Gasteiger charge is 2.03. The molecule has 4 heteroatoms. The van der Waals surface area contributed by atoms with Gasteiger partial charge in [0.25, 0.3) is 0 Å². The molecule has 86 valence electrons. The molecule has 0 heterocycles. The van der Waals surface area contributed by atoms with E-state index < -0.39 is 6.03 Å². The number of nitrogens with zero attached hydrogens (tertiary/aromatic N) is 1. The predicted octanol–water partition coefficient (Wildman–Crippen LogP) is 2.17. The molecule has 0 aliphatic rings. The van der Waals surface area contributed by atoms with E-state index in [0.717, 1.165) is 24.1 Å². The van der Waals surface area contributed by atoms with Crippen molar-refractivity contribution < 1.29 is 4.79 Å². The number of urea groups is 1. The van der Waals surface area contributed by atoms with E-state index in [1.54, 1.807) is 0 Å². The number of nitrogens with one attached hydrogen (secondary N) is 1. The van der Waals surface area contributed by atoms with Crippen molar-refractivity contribution in [1.82, 2.24) is 5.43 Å². The molecule has 1 aromatic carbocycles. The minimum Gasteiger partial charge on any atom is -0.350 e. The van der Waals surface area contributed by atoms with Gasteiger partial charge < -0.3 is 5.73 Å². The number of benzene rings is 1. The third-order valence-corrected chi connectivity index (χ3v) is 2.14. The molecule has 0 aliphatic heterocycles. The summed E-state index contributed by atoms with van der Waals surface area (Å²) in [5.74, 6) is 0. The van der Waals surface area contributed by atoms with Crippen LogP contribution in [0.1, 0.15) is 30.9 Å². The van der Waals surface area contributed by atoms with E-state index in [-0.39, 0.29) is 0 Å². The average molecular weight is 219 g/mol. The van der Waals surface area contributed by atoms with E-state index in [9.17, 15) is 4.79 Å². The molecule has 2 amide bonds. The molecule has 1 rings (SSSR count). The van der Waals surface area contributed by atoms with Crippen LogP contribution in [0.25, 0.3) is 0 Å². The fraction of sp³-hybridized carbons (Fsp3) is 0.333. The van der Waals surface area contributed by atoms with E-state index in [2.05, 4.69) is 17.5 Å². The molecule has 0 bridgehead atoms. The molecule has 0 spiro atoms. The Kier molecular flexibility index (Phi) is 4.51. The number of hydrazone groups is 1. The van der Waals surface area contributed by atoms with E-state index in [1.807, 2.05) is 31.2 Å². The number of nitrogens with two attached hydrogens (primary N) is 1. The van der Waals surface area contributed by atoms with Gasteiger partial charge in [-0.25, -0.2) is 10.2 Å². The number of hydrogen-bond donors (Lipinski definition) is 2. The van der Waals surface area contributed by atoms with Gasteiger partial charge in [0.15, 0.2) is 0 Å². The zero-order chi connectivity index (χ0) is 12.0. The van der Waals surface area contributed by atoms with Crippen molar-refractivity contribution >= 4 is 11.7 Å². The Morgan fingerprint density at radius 2 is 2.25 bits per heavy atom. The lowest BCUT2D eigenvalue weighted by atomic mass is 10.0. The zero-order valence-electron chi connectivity index (χ0n) is 9.66. The molecular weight excluding hydrogens is 202 g/mol. The SMILES string of the molecule is CCCC(=NNC(N)=O)c1cccc(C)c1. The first-order chi connectivity index (χ1) is 7.63. The van der Waals surface area contributed by atoms with Crippen molar-refractivity contribution in [3.63, 3.8) is 0 Å². The maximum absolute atomic E-state index is 10.6. The second kappa shape index (κ2) is 5.90. The maximum atomic E-state index is 10.6. The Labute approximate surface area is 95.5 Å². The van der Waals surface area contributed by atoms with Crippen LogP contribution in [0, 0.1) is 6.92 Å². The first kappa shape index (κ1) is 12.2. The summed E-state index contributed by atoms with van der Waals surface area (Å²) in [4.78, 5) is 10.6. The van der Waals surface area contributed by atoms with Crippen LogP contribution in [0.5, 0.6) is 0 Å². The maximum Gasteiger partial charge on any atom is 0.332 e. The van der Waals surface area contributed by atoms with E-state index in [4.69, 9.17) is 5.73 Å². The lowest BCUT2D eigenvalue weighted by molar-refractivity contribution is 0.249. The van der Waals surface area contributed by atoms with Crippen molar-refractivity contribution in [2.45, 2.75) is 26.7 Å². The molecule has 0 saturated heterocycles. The molecule has 0 fully saturated rings. The summed E-state index contributed by atoms with van der Waals surface area (Å²) >= 11 is 0. The number of primary amides is 1. The summed E-state index contributed by atoms with van der Waals surface area (Å²) < 4.78 is 0. The Hall–Kier alpha value is -1.84. The van der Waals surface area contributed by atoms with Crippen molar-refractivity contribution in [2.24, 2.45) is 10.8 Å². The van der Waals surface area contributed by atoms with Gasteiger partial charge in [0.1, 0.15) is 0 Å². The van der Waals surface area contributed by atoms with Gasteiger partial charge in [0.2, 0.25) is 0 Å². The standard InChI is InChI=1S/C12H17N3O/c1-3-5-11(14-15-12(13)16)10-7-4-6-9(2)8-10/h4,6-8H,3,5H2,1-2H3,(H3,13,15,16). The minimum absolute atomic E-state index is 0.638. The van der Waals surface area contributed by atoms with E-state index in [0.29, 0.717) is 0 Å². The number of hydrogen-bond acceptors (Lipinski definition) is 2. The van der Waals surface area contributed by atoms with Gasteiger partial charge in [-0.05, 0) is 18.9 Å². The minimum atomic E-state index is -0.638. The van der Waals surface area contributed by atoms with Crippen molar-refractivity contribution in [2.75, 3.05) is 0 Å². The molecule has 0 radical (unpaired) electrons. The fourth-order valence-electron chi connectivity index (χ4n) is 1.45. The second-order valence-corrected chi connectivity index (χ2v) is 3.65. The third-order valence-electron chi connectivity index (χ3n) is 2.14. The Morgan fingerprint density at radius 3 is 2.81 bits per heavy atom. The van der Waals surface area contributed by atoms with Gasteiger partial charge in [-0.3, -0.25) is 0 Å². The summed E-state index contributed by atoms with van der Waals surface area (Å²) in [6.07, 6.45) is 1.77. The highest BCUT2D eigenvalue weighted by Crippen LogP contribution is 2.09. The van der Waals surface area contributed by atoms with Crippen molar-refractivity contribution in [3.8, 4) is 0 Å². The van der Waals surface area contributed by atoms with Crippen LogP contribution in [-0.2, 0) is 0 Å². The molecule has 0 atom stereocenters. The van der Waals surface area contributed by atoms with Gasteiger partial charge in [-0.1, -0.05) is 43.2 Å². The van der Waals surface area contributed by atoms with Crippen LogP contribution in [0.2, 0.25) is 0 Å². The van der Waals surface area contributed by atoms with Gasteiger partial charge >= 0.3 is 6.03 Å². The summed E-state index contributed by atoms with van der Waals surface area (Å²) in [5, 5.41) is 4.02. The molecule has 4 nitrogen and oxygen atoms in total. The molecule has 0 aliphatic carbocycles. The highest BCUT2D eigenvalue weighted by molar-refractivity contribution is 6.01. The first-order valence-electron chi connectivity index (χ1n) is 5.32. The molecule has 0 unspecified atom stereocenters. The van der Waals surface area contributed by atoms with Gasteiger partial charge in [-0.15, -0.1) is 0 Å². The van der Waals surface area contributed by atoms with Crippen LogP contribution in [-0.4, -0.2) is 11.7 Å². The first-order valence-corrected chi connectivity index (χ1v) is 5.32. The van der Waals surface area contributed by atoms with Gasteiger partial charge in [-0.2, -0.15) is 5.10 Å². The van der Waals surface area contributed by atoms with Crippen molar-refractivity contribution in [3.05, 3.63) is 35.4 Å². The topological polar surface area (TPSA) is 67.5 Å². The van der Waals surface area contributed by atoms with Crippen LogP contribution in [0.4, 0.5) is 4.79 Å². The van der Waals surface area contributed by atoms with Crippen LogP contribution in [0.15, 0.2) is 29.4 Å². The predicted molar refractivity (Wildman–Crippen MR) is 65.3 cm³/mol. The normalized spacial score (nSPS) is 11.2. The monoisotopic (exact) mass is 219 g/mol. The second-order valence-electron chi connectivity index (χ2n) is 3.65. The summed E-state index contributed by atoms with van der Waals surface area (Å²) in [6.45, 7) is 4.09. The zero-order valence-corrected chi connectivity index (χ0v) is 9.66. The Morgan fingerprint density at radius 1 is 1.50 bits per heavy atom. The highest BCUT2D eigenvalue weighted by atomic mass is 16.2. The van der Waals surface area contributed by atoms with E-state index >= 15 is 0 Å². The molecule has 3 N–H and O–H groups in total. The number of carbonyl (C=O) groups excluding carboxylic acids is 1.